The maximum absolute atomic E-state index is 13.8. The Balaban J connectivity index is 1.67. The normalized spacial score (nSPS) is 15.1. The minimum atomic E-state index is -4.31. The number of carboxylic acids is 2. The first-order valence-corrected chi connectivity index (χ1v) is 12.7. The summed E-state index contributed by atoms with van der Waals surface area (Å²) in [4.78, 5) is 23.6. The van der Waals surface area contributed by atoms with Crippen molar-refractivity contribution in [3.05, 3.63) is 83.1 Å². The summed E-state index contributed by atoms with van der Waals surface area (Å²) in [6.45, 7) is -1.01. The predicted molar refractivity (Wildman–Crippen MR) is 132 cm³/mol. The summed E-state index contributed by atoms with van der Waals surface area (Å²) in [6.07, 6.45) is 0. The Labute approximate surface area is 217 Å². The van der Waals surface area contributed by atoms with E-state index in [-0.39, 0.29) is 40.9 Å². The fourth-order valence-corrected chi connectivity index (χ4v) is 6.01. The number of nitrogens with zero attached hydrogens (tertiary/aromatic N) is 1. The Morgan fingerprint density at radius 2 is 1.74 bits per heavy atom. The highest BCUT2D eigenvalue weighted by molar-refractivity contribution is 7.89. The van der Waals surface area contributed by atoms with Crippen LogP contribution in [0, 0.1) is 0 Å². The third-order valence-electron chi connectivity index (χ3n) is 5.98. The lowest BCUT2D eigenvalue weighted by molar-refractivity contribution is -0.139. The van der Waals surface area contributed by atoms with E-state index in [0.29, 0.717) is 22.6 Å². The highest BCUT2D eigenvalue weighted by atomic mass is 32.2. The van der Waals surface area contributed by atoms with Gasteiger partial charge in [0, 0.05) is 11.1 Å². The van der Waals surface area contributed by atoms with Gasteiger partial charge in [0.2, 0.25) is 6.79 Å². The molecule has 0 saturated carbocycles. The van der Waals surface area contributed by atoms with E-state index in [1.54, 1.807) is 42.5 Å². The van der Waals surface area contributed by atoms with E-state index in [0.717, 1.165) is 4.31 Å². The second-order valence-corrected chi connectivity index (χ2v) is 10.1. The number of carboxylic acid groups (broad SMARTS) is 2. The highest BCUT2D eigenvalue weighted by Crippen LogP contribution is 2.44. The number of ether oxygens (including phenoxy) is 4. The summed E-state index contributed by atoms with van der Waals surface area (Å²) in [5.74, 6) is -1.46. The van der Waals surface area contributed by atoms with E-state index in [1.807, 2.05) is 0 Å². The molecule has 0 fully saturated rings. The maximum atomic E-state index is 13.8. The Bertz CT molecular complexity index is 1600. The number of rotatable bonds is 8. The Morgan fingerprint density at radius 1 is 0.974 bits per heavy atom. The van der Waals surface area contributed by atoms with Crippen LogP contribution in [0.2, 0.25) is 0 Å². The summed E-state index contributed by atoms with van der Waals surface area (Å²) in [6, 6.07) is 15.5. The smallest absolute Gasteiger partial charge is 0.353 e. The third-order valence-corrected chi connectivity index (χ3v) is 7.78. The summed E-state index contributed by atoms with van der Waals surface area (Å²) in [7, 11) is -2.94. The van der Waals surface area contributed by atoms with E-state index in [1.165, 1.54) is 25.3 Å². The molecule has 2 aliphatic rings. The lowest BCUT2D eigenvalue weighted by atomic mass is 9.94. The number of benzene rings is 3. The number of sulfonamides is 1. The second kappa shape index (κ2) is 9.63. The molecule has 3 aromatic carbocycles. The largest absolute Gasteiger partial charge is 0.493 e. The number of aliphatic carboxylic acids is 2. The Kier molecular flexibility index (Phi) is 6.33. The third kappa shape index (κ3) is 4.34. The first-order chi connectivity index (χ1) is 18.2. The van der Waals surface area contributed by atoms with Gasteiger partial charge < -0.3 is 29.2 Å². The molecule has 0 saturated heterocycles. The molecule has 0 aliphatic carbocycles. The van der Waals surface area contributed by atoms with Gasteiger partial charge in [-0.1, -0.05) is 30.3 Å². The van der Waals surface area contributed by atoms with Crippen molar-refractivity contribution in [3.8, 4) is 23.0 Å². The first-order valence-electron chi connectivity index (χ1n) is 11.2. The number of methoxy groups -OCH3 is 1. The summed E-state index contributed by atoms with van der Waals surface area (Å²) >= 11 is 0. The molecule has 0 spiro atoms. The molecule has 2 heterocycles. The second-order valence-electron chi connectivity index (χ2n) is 8.27. The molecule has 0 aromatic heterocycles. The number of carbonyl (C=O) groups is 2. The zero-order valence-corrected chi connectivity index (χ0v) is 20.7. The van der Waals surface area contributed by atoms with E-state index in [2.05, 4.69) is 0 Å². The molecule has 0 radical (unpaired) electrons. The van der Waals surface area contributed by atoms with Gasteiger partial charge in [-0.3, -0.25) is 4.31 Å². The van der Waals surface area contributed by atoms with Crippen molar-refractivity contribution < 1.29 is 47.2 Å². The van der Waals surface area contributed by atoms with Crippen molar-refractivity contribution in [2.45, 2.75) is 11.4 Å². The molecule has 38 heavy (non-hydrogen) atoms. The average Bonchev–Trinajstić information content (AvgIpc) is 3.37. The van der Waals surface area contributed by atoms with Gasteiger partial charge in [-0.05, 0) is 41.5 Å². The van der Waals surface area contributed by atoms with Crippen LogP contribution in [0.15, 0.2) is 71.3 Å². The van der Waals surface area contributed by atoms with Crippen molar-refractivity contribution >= 4 is 27.5 Å². The van der Waals surface area contributed by atoms with E-state index in [9.17, 15) is 23.1 Å². The van der Waals surface area contributed by atoms with Crippen molar-refractivity contribution in [1.82, 2.24) is 4.31 Å². The fraction of sp³-hybridized carbons (Fsp3) is 0.154. The first kappa shape index (κ1) is 25.0. The molecule has 0 bridgehead atoms. The molecular formula is C26H21NO10S. The summed E-state index contributed by atoms with van der Waals surface area (Å²) in [5.41, 5.74) is 0.751. The Hall–Kier alpha value is -4.71. The minimum Gasteiger partial charge on any atom is -0.493 e. The van der Waals surface area contributed by atoms with Crippen molar-refractivity contribution in [2.24, 2.45) is 0 Å². The Morgan fingerprint density at radius 3 is 2.47 bits per heavy atom. The molecule has 12 heteroatoms. The zero-order chi connectivity index (χ0) is 27.0. The number of hydrogen-bond donors (Lipinski definition) is 2. The molecule has 196 valence electrons. The van der Waals surface area contributed by atoms with Crippen LogP contribution in [-0.2, 0) is 26.2 Å². The van der Waals surface area contributed by atoms with Crippen LogP contribution >= 0.6 is 0 Å². The van der Waals surface area contributed by atoms with Crippen molar-refractivity contribution in [2.75, 3.05) is 20.5 Å². The van der Waals surface area contributed by atoms with Gasteiger partial charge in [-0.15, -0.1) is 0 Å². The highest BCUT2D eigenvalue weighted by Gasteiger charge is 2.40. The van der Waals surface area contributed by atoms with Crippen LogP contribution in [0.1, 0.15) is 16.7 Å². The quantitative estimate of drug-likeness (QED) is 0.438. The number of hydrogen-bond acceptors (Lipinski definition) is 8. The van der Waals surface area contributed by atoms with Gasteiger partial charge in [0.15, 0.2) is 29.6 Å². The van der Waals surface area contributed by atoms with E-state index in [4.69, 9.17) is 24.1 Å². The molecule has 2 N–H and O–H groups in total. The van der Waals surface area contributed by atoms with E-state index >= 15 is 0 Å². The molecule has 5 rings (SSSR count). The molecule has 11 nitrogen and oxygen atoms in total. The van der Waals surface area contributed by atoms with Gasteiger partial charge in [-0.2, -0.15) is 0 Å². The van der Waals surface area contributed by atoms with Crippen LogP contribution in [0.25, 0.3) is 5.57 Å². The lowest BCUT2D eigenvalue weighted by Gasteiger charge is -2.32. The van der Waals surface area contributed by atoms with Gasteiger partial charge >= 0.3 is 11.9 Å². The topological polar surface area (TPSA) is 149 Å². The minimum absolute atomic E-state index is 0.0183. The molecule has 0 unspecified atom stereocenters. The number of fused-ring (bicyclic) bond motifs is 2. The molecule has 0 atom stereocenters. The average molecular weight is 540 g/mol. The fourth-order valence-electron chi connectivity index (χ4n) is 4.35. The zero-order valence-electron chi connectivity index (χ0n) is 19.9. The lowest BCUT2D eigenvalue weighted by Crippen LogP contribution is -2.37. The monoisotopic (exact) mass is 539 g/mol. The molecule has 2 aliphatic heterocycles. The van der Waals surface area contributed by atoms with Crippen LogP contribution in [0.3, 0.4) is 0 Å². The summed E-state index contributed by atoms with van der Waals surface area (Å²) < 4.78 is 49.7. The SMILES string of the molecule is COc1ccc(CN2C(C(=O)O)=C(c3ccc4c(c3)OCO4)c3ccccc3S2(=O)=O)cc1OCC(=O)O. The van der Waals surface area contributed by atoms with Crippen LogP contribution in [0.5, 0.6) is 23.0 Å². The van der Waals surface area contributed by atoms with Crippen LogP contribution in [0.4, 0.5) is 0 Å². The molecule has 3 aromatic rings. The van der Waals surface area contributed by atoms with Crippen molar-refractivity contribution in [1.29, 1.82) is 0 Å². The molecule has 0 amide bonds. The summed E-state index contributed by atoms with van der Waals surface area (Å²) in [5, 5.41) is 19.3. The van der Waals surface area contributed by atoms with Gasteiger partial charge in [0.05, 0.1) is 18.6 Å². The predicted octanol–water partition coefficient (Wildman–Crippen LogP) is 2.94. The van der Waals surface area contributed by atoms with Gasteiger partial charge in [0.25, 0.3) is 10.0 Å². The molecular weight excluding hydrogens is 518 g/mol. The van der Waals surface area contributed by atoms with Crippen LogP contribution < -0.4 is 18.9 Å². The maximum Gasteiger partial charge on any atom is 0.353 e. The standard InChI is InChI=1S/C26H21NO10S/c1-34-18-8-6-15(10-20(18)35-13-23(28)29)12-27-25(26(30)31)24(16-7-9-19-21(11-16)37-14-36-19)17-4-2-3-5-22(17)38(27,32)33/h2-11H,12-14H2,1H3,(H,28,29)(H,30,31). The van der Waals surface area contributed by atoms with Crippen molar-refractivity contribution in [3.63, 3.8) is 0 Å². The van der Waals surface area contributed by atoms with Crippen LogP contribution in [-0.4, -0.2) is 55.4 Å². The van der Waals surface area contributed by atoms with Gasteiger partial charge in [0.1, 0.15) is 5.70 Å². The van der Waals surface area contributed by atoms with Gasteiger partial charge in [-0.25, -0.2) is 18.0 Å². The van der Waals surface area contributed by atoms with E-state index < -0.39 is 34.3 Å².